The lowest BCUT2D eigenvalue weighted by molar-refractivity contribution is -0.111. The topological polar surface area (TPSA) is 151 Å². The zero-order chi connectivity index (χ0) is 29.4. The van der Waals surface area contributed by atoms with E-state index in [1.54, 1.807) is 36.4 Å². The van der Waals surface area contributed by atoms with Crippen molar-refractivity contribution >= 4 is 46.0 Å². The number of aliphatic imine (C=N–C) groups is 1. The molecule has 208 valence electrons. The second-order valence-corrected chi connectivity index (χ2v) is 8.88. The van der Waals surface area contributed by atoms with E-state index in [9.17, 15) is 10.1 Å². The monoisotopic (exact) mass is 554 g/mol. The van der Waals surface area contributed by atoms with E-state index in [0.29, 0.717) is 46.1 Å². The molecule has 2 aromatic carbocycles. The number of aromatic nitrogens is 2. The van der Waals surface area contributed by atoms with Crippen molar-refractivity contribution in [2.45, 2.75) is 0 Å². The number of pyridine rings is 2. The van der Waals surface area contributed by atoms with Crippen molar-refractivity contribution < 1.29 is 18.7 Å². The van der Waals surface area contributed by atoms with Crippen molar-refractivity contribution in [3.8, 4) is 23.3 Å². The third-order valence-electron chi connectivity index (χ3n) is 5.67. The fraction of sp³-hybridized carbons (Fsp3) is 0.138. The first kappa shape index (κ1) is 28.5. The van der Waals surface area contributed by atoms with Crippen LogP contribution in [0, 0.1) is 17.1 Å². The molecule has 4 aromatic rings. The number of amides is 1. The van der Waals surface area contributed by atoms with Gasteiger partial charge in [-0.05, 0) is 38.4 Å². The fourth-order valence-corrected chi connectivity index (χ4v) is 3.79. The van der Waals surface area contributed by atoms with Crippen LogP contribution in [-0.2, 0) is 4.79 Å². The van der Waals surface area contributed by atoms with Crippen molar-refractivity contribution in [1.29, 1.82) is 5.26 Å². The second-order valence-electron chi connectivity index (χ2n) is 8.88. The summed E-state index contributed by atoms with van der Waals surface area (Å²) < 4.78 is 26.4. The first-order valence-electron chi connectivity index (χ1n) is 12.3. The summed E-state index contributed by atoms with van der Waals surface area (Å²) in [6.07, 6.45) is 7.13. The lowest BCUT2D eigenvalue weighted by Crippen LogP contribution is -2.13. The zero-order valence-electron chi connectivity index (χ0n) is 22.6. The lowest BCUT2D eigenvalue weighted by atomic mass is 10.1. The Morgan fingerprint density at radius 3 is 2.68 bits per heavy atom. The van der Waals surface area contributed by atoms with E-state index < -0.39 is 5.82 Å². The number of nitrogens with zero attached hydrogens (tertiary/aromatic N) is 5. The number of rotatable bonds is 10. The van der Waals surface area contributed by atoms with E-state index in [1.165, 1.54) is 37.7 Å². The van der Waals surface area contributed by atoms with Gasteiger partial charge in [0.2, 0.25) is 5.91 Å². The fourth-order valence-electron chi connectivity index (χ4n) is 3.79. The summed E-state index contributed by atoms with van der Waals surface area (Å²) in [6.45, 7) is 0.591. The summed E-state index contributed by atoms with van der Waals surface area (Å²) in [6, 6.07) is 12.8. The van der Waals surface area contributed by atoms with Gasteiger partial charge in [-0.1, -0.05) is 6.08 Å². The molecule has 2 heterocycles. The number of hydrogen-bond donors (Lipinski definition) is 3. The summed E-state index contributed by atoms with van der Waals surface area (Å²) in [5.41, 5.74) is 6.72. The maximum absolute atomic E-state index is 15.2. The maximum Gasteiger partial charge on any atom is 0.248 e. The van der Waals surface area contributed by atoms with E-state index in [-0.39, 0.29) is 22.9 Å². The Kier molecular flexibility index (Phi) is 9.03. The minimum atomic E-state index is -0.626. The predicted molar refractivity (Wildman–Crippen MR) is 156 cm³/mol. The average Bonchev–Trinajstić information content (AvgIpc) is 2.94. The Balaban J connectivity index is 1.66. The van der Waals surface area contributed by atoms with Gasteiger partial charge in [0.25, 0.3) is 0 Å². The van der Waals surface area contributed by atoms with Gasteiger partial charge in [0, 0.05) is 48.6 Å². The third kappa shape index (κ3) is 7.11. The van der Waals surface area contributed by atoms with Crippen LogP contribution < -0.4 is 25.8 Å². The SMILES string of the molecule is COc1cc2ncc(C#N)c(Nc3ccc(Oc4ccnc(N=CN)c4)cc3F)c2cc1NC(=O)/C=C/CN(C)C. The van der Waals surface area contributed by atoms with Gasteiger partial charge in [-0.2, -0.15) is 5.26 Å². The zero-order valence-corrected chi connectivity index (χ0v) is 22.6. The van der Waals surface area contributed by atoms with Gasteiger partial charge in [-0.15, -0.1) is 0 Å². The van der Waals surface area contributed by atoms with Crippen LogP contribution in [0.15, 0.2) is 72.0 Å². The smallest absolute Gasteiger partial charge is 0.248 e. The molecule has 41 heavy (non-hydrogen) atoms. The quantitative estimate of drug-likeness (QED) is 0.142. The highest BCUT2D eigenvalue weighted by molar-refractivity contribution is 6.04. The number of nitrogens with one attached hydrogen (secondary N) is 2. The molecule has 11 nitrogen and oxygen atoms in total. The van der Waals surface area contributed by atoms with Gasteiger partial charge in [-0.25, -0.2) is 14.4 Å². The molecule has 0 bridgehead atoms. The predicted octanol–water partition coefficient (Wildman–Crippen LogP) is 4.86. The van der Waals surface area contributed by atoms with Crippen LogP contribution in [0.4, 0.5) is 27.3 Å². The number of anilines is 3. The van der Waals surface area contributed by atoms with E-state index in [0.717, 1.165) is 6.34 Å². The molecule has 1 amide bonds. The molecule has 0 aliphatic heterocycles. The molecule has 12 heteroatoms. The molecular formula is C29H27FN8O3. The van der Waals surface area contributed by atoms with Crippen molar-refractivity contribution in [3.05, 3.63) is 78.4 Å². The Morgan fingerprint density at radius 1 is 1.17 bits per heavy atom. The summed E-state index contributed by atoms with van der Waals surface area (Å²) in [5, 5.41) is 16.1. The van der Waals surface area contributed by atoms with Crippen LogP contribution in [0.2, 0.25) is 0 Å². The number of ether oxygens (including phenoxy) is 2. The first-order chi connectivity index (χ1) is 19.8. The maximum atomic E-state index is 15.2. The van der Waals surface area contributed by atoms with Crippen LogP contribution >= 0.6 is 0 Å². The van der Waals surface area contributed by atoms with Crippen molar-refractivity contribution in [1.82, 2.24) is 14.9 Å². The molecule has 0 spiro atoms. The Bertz CT molecular complexity index is 1680. The Morgan fingerprint density at radius 2 is 1.98 bits per heavy atom. The number of halogens is 1. The van der Waals surface area contributed by atoms with Crippen LogP contribution in [0.5, 0.6) is 17.2 Å². The Labute approximate surface area is 235 Å². The summed E-state index contributed by atoms with van der Waals surface area (Å²) >= 11 is 0. The summed E-state index contributed by atoms with van der Waals surface area (Å²) in [5.74, 6) is 0.361. The lowest BCUT2D eigenvalue weighted by Gasteiger charge is -2.16. The molecule has 0 aliphatic rings. The molecule has 0 fully saturated rings. The molecule has 4 rings (SSSR count). The largest absolute Gasteiger partial charge is 0.494 e. The second kappa shape index (κ2) is 13.0. The summed E-state index contributed by atoms with van der Waals surface area (Å²) in [4.78, 5) is 26.7. The molecule has 0 unspecified atom stereocenters. The molecule has 0 aliphatic carbocycles. The normalized spacial score (nSPS) is 11.2. The van der Waals surface area contributed by atoms with Crippen LogP contribution in [0.3, 0.4) is 0 Å². The number of carbonyl (C=O) groups excluding carboxylic acids is 1. The minimum absolute atomic E-state index is 0.0949. The molecule has 2 aromatic heterocycles. The number of fused-ring (bicyclic) bond motifs is 1. The third-order valence-corrected chi connectivity index (χ3v) is 5.67. The van der Waals surface area contributed by atoms with Gasteiger partial charge in [0.05, 0.1) is 41.6 Å². The average molecular weight is 555 g/mol. The highest BCUT2D eigenvalue weighted by atomic mass is 19.1. The molecule has 0 atom stereocenters. The molecule has 4 N–H and O–H groups in total. The van der Waals surface area contributed by atoms with Crippen molar-refractivity contribution in [3.63, 3.8) is 0 Å². The molecule has 0 radical (unpaired) electrons. The van der Waals surface area contributed by atoms with Gasteiger partial charge < -0.3 is 30.7 Å². The number of likely N-dealkylation sites (N-methyl/N-ethyl adjacent to an activating group) is 1. The van der Waals surface area contributed by atoms with Gasteiger partial charge >= 0.3 is 0 Å². The summed E-state index contributed by atoms with van der Waals surface area (Å²) in [7, 11) is 5.25. The standard InChI is InChI=1S/C29H27FN8O3/c1-38(2)10-4-5-28(39)36-25-13-21-24(14-26(25)40-3)34-16-18(15-31)29(21)37-23-7-6-19(11-22(23)30)41-20-8-9-33-27(12-20)35-17-32/h4-9,11-14,16-17H,10H2,1-3H3,(H,34,37)(H,36,39)(H2,32,33,35)/b5-4+. The number of nitriles is 1. The van der Waals surface area contributed by atoms with Gasteiger partial charge in [0.15, 0.2) is 5.82 Å². The van der Waals surface area contributed by atoms with Crippen LogP contribution in [-0.4, -0.2) is 54.9 Å². The number of nitrogens with two attached hydrogens (primary N) is 1. The molecule has 0 saturated carbocycles. The highest BCUT2D eigenvalue weighted by Gasteiger charge is 2.16. The number of carbonyl (C=O) groups is 1. The van der Waals surface area contributed by atoms with Crippen LogP contribution in [0.1, 0.15) is 5.56 Å². The first-order valence-corrected chi connectivity index (χ1v) is 12.3. The van der Waals surface area contributed by atoms with E-state index in [1.807, 2.05) is 19.0 Å². The highest BCUT2D eigenvalue weighted by Crippen LogP contribution is 2.37. The van der Waals surface area contributed by atoms with Gasteiger partial charge in [0.1, 0.15) is 29.1 Å². The Hall–Kier alpha value is -5.54. The minimum Gasteiger partial charge on any atom is -0.494 e. The molecular weight excluding hydrogens is 527 g/mol. The van der Waals surface area contributed by atoms with Crippen LogP contribution in [0.25, 0.3) is 10.9 Å². The van der Waals surface area contributed by atoms with E-state index in [2.05, 4.69) is 31.7 Å². The van der Waals surface area contributed by atoms with E-state index in [4.69, 9.17) is 15.2 Å². The molecule has 0 saturated heterocycles. The van der Waals surface area contributed by atoms with E-state index >= 15 is 4.39 Å². The number of benzene rings is 2. The van der Waals surface area contributed by atoms with Gasteiger partial charge in [-0.3, -0.25) is 9.78 Å². The number of hydrogen-bond acceptors (Lipinski definition) is 9. The number of methoxy groups -OCH3 is 1. The van der Waals surface area contributed by atoms with Crippen molar-refractivity contribution in [2.24, 2.45) is 10.7 Å². The van der Waals surface area contributed by atoms with Crippen molar-refractivity contribution in [2.75, 3.05) is 38.4 Å².